The van der Waals surface area contributed by atoms with Gasteiger partial charge in [-0.3, -0.25) is 14.8 Å². The van der Waals surface area contributed by atoms with Crippen molar-refractivity contribution in [3.8, 4) is 16.9 Å². The number of rotatable bonds is 15. The normalized spacial score (nSPS) is 18.1. The minimum atomic E-state index is -0.784. The van der Waals surface area contributed by atoms with E-state index in [0.717, 1.165) is 33.4 Å². The zero-order chi connectivity index (χ0) is 35.5. The molecule has 0 saturated carbocycles. The third kappa shape index (κ3) is 10.2. The number of benzene rings is 4. The molecule has 0 bridgehead atoms. The van der Waals surface area contributed by atoms with Crippen molar-refractivity contribution in [1.29, 1.82) is 0 Å². The monoisotopic (exact) mass is 683 g/mol. The van der Waals surface area contributed by atoms with E-state index in [4.69, 9.17) is 14.7 Å². The van der Waals surface area contributed by atoms with Gasteiger partial charge in [-0.15, -0.1) is 0 Å². The highest BCUT2D eigenvalue weighted by Gasteiger charge is 2.33. The number of carbonyl (C=O) groups is 2. The number of carbonyl (C=O) groups excluding carboxylic acids is 2. The molecule has 4 aromatic carbocycles. The predicted octanol–water partition coefficient (Wildman–Crippen LogP) is 5.05. The Bertz CT molecular complexity index is 1700. The van der Waals surface area contributed by atoms with Crippen LogP contribution in [0.3, 0.4) is 0 Å². The van der Waals surface area contributed by atoms with Crippen molar-refractivity contribution in [2.45, 2.75) is 63.4 Å². The summed E-state index contributed by atoms with van der Waals surface area (Å²) < 4.78 is 13.1. The molecule has 1 aliphatic rings. The van der Waals surface area contributed by atoms with E-state index < -0.39 is 18.3 Å². The van der Waals surface area contributed by atoms with Crippen LogP contribution in [0.2, 0.25) is 0 Å². The van der Waals surface area contributed by atoms with E-state index in [1.807, 2.05) is 84.7 Å². The number of nitrogens with one attached hydrogen (secondary N) is 2. The second-order valence-electron chi connectivity index (χ2n) is 12.6. The zero-order valence-corrected chi connectivity index (χ0v) is 28.1. The average Bonchev–Trinajstić information content (AvgIpc) is 3.14. The topological polar surface area (TPSA) is 161 Å². The van der Waals surface area contributed by atoms with Crippen LogP contribution >= 0.6 is 0 Å². The van der Waals surface area contributed by atoms with Gasteiger partial charge in [-0.25, -0.2) is 5.48 Å². The third-order valence-corrected chi connectivity index (χ3v) is 8.79. The lowest BCUT2D eigenvalue weighted by Crippen LogP contribution is -2.39. The fraction of sp³-hybridized carbons (Fsp3) is 0.333. The molecule has 5 rings (SSSR count). The Kier molecular flexibility index (Phi) is 13.1. The molecule has 0 aromatic heterocycles. The van der Waals surface area contributed by atoms with Gasteiger partial charge >= 0.3 is 0 Å². The van der Waals surface area contributed by atoms with Gasteiger partial charge in [0.1, 0.15) is 5.75 Å². The van der Waals surface area contributed by atoms with Crippen LogP contribution in [0.1, 0.15) is 72.0 Å². The summed E-state index contributed by atoms with van der Waals surface area (Å²) in [6.07, 6.45) is -0.762. The predicted molar refractivity (Wildman–Crippen MR) is 186 cm³/mol. The summed E-state index contributed by atoms with van der Waals surface area (Å²) >= 11 is 0. The van der Waals surface area contributed by atoms with Gasteiger partial charge in [0, 0.05) is 44.5 Å². The quantitative estimate of drug-likeness (QED) is 0.0744. The Labute approximate surface area is 292 Å². The number of amides is 2. The van der Waals surface area contributed by atoms with E-state index in [9.17, 15) is 24.9 Å². The number of ether oxygens (including phenoxy) is 2. The number of hydroxylamine groups is 1. The molecule has 0 aliphatic carbocycles. The first kappa shape index (κ1) is 36.7. The zero-order valence-electron chi connectivity index (χ0n) is 28.1. The molecule has 0 radical (unpaired) electrons. The summed E-state index contributed by atoms with van der Waals surface area (Å²) in [7, 11) is 1.93. The fourth-order valence-corrected chi connectivity index (χ4v) is 6.11. The standard InChI is InChI=1S/C39H45N3O8/c1-42(24-35(45)30-7-4-8-32(44)20-30)23-33-21-36(28-14-12-26(25-43)13-15-28)50-39(49-33)29-18-16-27(17-19-29)34-9-3-2-6-31(34)22-40-37(46)10-5-11-38(47)41-48/h2-4,6-9,12-20,33,35-36,39,43-45,48H,5,10-11,21-25H2,1H3,(H,40,46)(H,41,47). The highest BCUT2D eigenvalue weighted by atomic mass is 16.7. The molecular weight excluding hydrogens is 638 g/mol. The largest absolute Gasteiger partial charge is 0.508 e. The van der Waals surface area contributed by atoms with E-state index in [2.05, 4.69) is 5.32 Å². The Morgan fingerprint density at radius 3 is 2.34 bits per heavy atom. The molecule has 6 N–H and O–H groups in total. The molecule has 4 atom stereocenters. The van der Waals surface area contributed by atoms with Gasteiger partial charge in [0.15, 0.2) is 6.29 Å². The average molecular weight is 684 g/mol. The van der Waals surface area contributed by atoms with Crippen molar-refractivity contribution in [2.24, 2.45) is 0 Å². The van der Waals surface area contributed by atoms with E-state index in [1.54, 1.807) is 29.7 Å². The Morgan fingerprint density at radius 2 is 1.62 bits per heavy atom. The van der Waals surface area contributed by atoms with Crippen LogP contribution in [0.4, 0.5) is 0 Å². The number of hydrogen-bond donors (Lipinski definition) is 6. The van der Waals surface area contributed by atoms with E-state index in [0.29, 0.717) is 38.0 Å². The van der Waals surface area contributed by atoms with Crippen molar-refractivity contribution in [3.63, 3.8) is 0 Å². The molecule has 11 nitrogen and oxygen atoms in total. The van der Waals surface area contributed by atoms with Gasteiger partial charge in [0.05, 0.1) is 24.9 Å². The van der Waals surface area contributed by atoms with Gasteiger partial charge < -0.3 is 35.0 Å². The smallest absolute Gasteiger partial charge is 0.243 e. The highest BCUT2D eigenvalue weighted by molar-refractivity contribution is 5.78. The minimum absolute atomic E-state index is 0.0418. The van der Waals surface area contributed by atoms with E-state index in [-0.39, 0.29) is 43.3 Å². The van der Waals surface area contributed by atoms with E-state index in [1.165, 1.54) is 0 Å². The fourth-order valence-electron chi connectivity index (χ4n) is 6.11. The van der Waals surface area contributed by atoms with Crippen LogP contribution < -0.4 is 10.8 Å². The van der Waals surface area contributed by atoms with Crippen LogP contribution in [0, 0.1) is 0 Å². The number of nitrogens with zero attached hydrogens (tertiary/aromatic N) is 1. The van der Waals surface area contributed by atoms with Gasteiger partial charge in [-0.1, -0.05) is 84.9 Å². The van der Waals surface area contributed by atoms with Crippen molar-refractivity contribution in [3.05, 3.63) is 125 Å². The summed E-state index contributed by atoms with van der Waals surface area (Å²) in [5.41, 5.74) is 7.72. The van der Waals surface area contributed by atoms with Crippen molar-refractivity contribution >= 4 is 11.8 Å². The van der Waals surface area contributed by atoms with Crippen molar-refractivity contribution in [1.82, 2.24) is 15.7 Å². The summed E-state index contributed by atoms with van der Waals surface area (Å²) in [5, 5.41) is 41.8. The minimum Gasteiger partial charge on any atom is -0.508 e. The maximum Gasteiger partial charge on any atom is 0.243 e. The molecule has 50 heavy (non-hydrogen) atoms. The van der Waals surface area contributed by atoms with Gasteiger partial charge in [0.25, 0.3) is 0 Å². The lowest BCUT2D eigenvalue weighted by molar-refractivity contribution is -0.252. The maximum absolute atomic E-state index is 12.4. The molecular formula is C39H45N3O8. The van der Waals surface area contributed by atoms with Gasteiger partial charge in [-0.2, -0.15) is 0 Å². The first-order valence-electron chi connectivity index (χ1n) is 16.8. The third-order valence-electron chi connectivity index (χ3n) is 8.79. The van der Waals surface area contributed by atoms with Gasteiger partial charge in [0.2, 0.25) is 11.8 Å². The second kappa shape index (κ2) is 17.9. The molecule has 1 fully saturated rings. The van der Waals surface area contributed by atoms with Crippen LogP contribution in [0.5, 0.6) is 5.75 Å². The second-order valence-corrected chi connectivity index (χ2v) is 12.6. The lowest BCUT2D eigenvalue weighted by atomic mass is 9.97. The molecule has 1 saturated heterocycles. The molecule has 0 spiro atoms. The first-order valence-corrected chi connectivity index (χ1v) is 16.8. The number of aliphatic hydroxyl groups is 2. The van der Waals surface area contributed by atoms with E-state index >= 15 is 0 Å². The summed E-state index contributed by atoms with van der Waals surface area (Å²) in [6, 6.07) is 30.1. The molecule has 264 valence electrons. The Balaban J connectivity index is 1.28. The summed E-state index contributed by atoms with van der Waals surface area (Å²) in [6.45, 7) is 1.16. The number of hydrogen-bond acceptors (Lipinski definition) is 9. The summed E-state index contributed by atoms with van der Waals surface area (Å²) in [5.74, 6) is -0.593. The maximum atomic E-state index is 12.4. The Morgan fingerprint density at radius 1 is 0.900 bits per heavy atom. The SMILES string of the molecule is CN(CC1CC(c2ccc(CO)cc2)OC(c2ccc(-c3ccccc3CNC(=O)CCCC(=O)NO)cc2)O1)CC(O)c1cccc(O)c1. The van der Waals surface area contributed by atoms with Gasteiger partial charge in [-0.05, 0) is 59.0 Å². The molecule has 4 unspecified atom stereocenters. The molecule has 11 heteroatoms. The van der Waals surface area contributed by atoms with Crippen molar-refractivity contribution < 1.29 is 39.6 Å². The number of phenolic OH excluding ortho intramolecular Hbond substituents is 1. The van der Waals surface area contributed by atoms with Crippen LogP contribution in [-0.2, 0) is 32.2 Å². The highest BCUT2D eigenvalue weighted by Crippen LogP contribution is 2.39. The Hall–Kier alpha value is -4.62. The van der Waals surface area contributed by atoms with Crippen LogP contribution in [-0.4, -0.2) is 63.5 Å². The molecule has 2 amide bonds. The number of aromatic hydroxyl groups is 1. The number of phenols is 1. The molecule has 1 aliphatic heterocycles. The lowest BCUT2D eigenvalue weighted by Gasteiger charge is -2.38. The first-order chi connectivity index (χ1) is 24.2. The van der Waals surface area contributed by atoms with Crippen molar-refractivity contribution in [2.75, 3.05) is 20.1 Å². The van der Waals surface area contributed by atoms with Crippen LogP contribution in [0.25, 0.3) is 11.1 Å². The number of likely N-dealkylation sites (N-methyl/N-ethyl adjacent to an activating group) is 1. The molecule has 1 heterocycles. The number of aliphatic hydroxyl groups excluding tert-OH is 2. The summed E-state index contributed by atoms with van der Waals surface area (Å²) in [4.78, 5) is 25.6. The van der Waals surface area contributed by atoms with Crippen LogP contribution in [0.15, 0.2) is 97.1 Å². The molecule has 4 aromatic rings.